The second kappa shape index (κ2) is 8.14. The van der Waals surface area contributed by atoms with Gasteiger partial charge in [-0.25, -0.2) is 0 Å². The molecule has 0 amide bonds. The van der Waals surface area contributed by atoms with E-state index in [9.17, 15) is 0 Å². The molecule has 0 heterocycles. The summed E-state index contributed by atoms with van der Waals surface area (Å²) in [4.78, 5) is 2.26. The highest BCUT2D eigenvalue weighted by Crippen LogP contribution is 2.35. The predicted octanol–water partition coefficient (Wildman–Crippen LogP) is 8.05. The molecule has 0 fully saturated rings. The molecule has 0 atom stereocenters. The van der Waals surface area contributed by atoms with Crippen LogP contribution in [0.3, 0.4) is 0 Å². The summed E-state index contributed by atoms with van der Waals surface area (Å²) in [6, 6.07) is 44.3. The van der Waals surface area contributed by atoms with Crippen molar-refractivity contribution in [1.82, 2.24) is 0 Å². The summed E-state index contributed by atoms with van der Waals surface area (Å²) >= 11 is 0. The molecule has 30 heavy (non-hydrogen) atoms. The molecule has 1 N–H and O–H groups in total. The van der Waals surface area contributed by atoms with E-state index in [4.69, 9.17) is 0 Å². The average Bonchev–Trinajstić information content (AvgIpc) is 2.82. The van der Waals surface area contributed by atoms with E-state index in [-0.39, 0.29) is 0 Å². The first kappa shape index (κ1) is 18.0. The van der Waals surface area contributed by atoms with Crippen LogP contribution in [0.25, 0.3) is 10.8 Å². The molecule has 2 nitrogen and oxygen atoms in total. The van der Waals surface area contributed by atoms with Crippen molar-refractivity contribution in [3.05, 3.63) is 127 Å². The molecule has 0 aliphatic carbocycles. The number of fused-ring (bicyclic) bond motifs is 1. The van der Waals surface area contributed by atoms with Gasteiger partial charge in [-0.2, -0.15) is 0 Å². The Morgan fingerprint density at radius 3 is 1.53 bits per heavy atom. The van der Waals surface area contributed by atoms with Crippen LogP contribution in [-0.4, -0.2) is 0 Å². The summed E-state index contributed by atoms with van der Waals surface area (Å²) in [5.41, 5.74) is 5.55. The van der Waals surface area contributed by atoms with Gasteiger partial charge in [-0.05, 0) is 71.4 Å². The minimum atomic E-state index is 1.06. The molecule has 0 aliphatic rings. The van der Waals surface area contributed by atoms with Gasteiger partial charge in [-0.15, -0.1) is 0 Å². The van der Waals surface area contributed by atoms with Crippen molar-refractivity contribution in [2.45, 2.75) is 0 Å². The maximum absolute atomic E-state index is 3.52. The molecule has 0 saturated carbocycles. The topological polar surface area (TPSA) is 15.3 Å². The number of hydrogen-bond acceptors (Lipinski definition) is 2. The Bertz CT molecular complexity index is 1210. The molecule has 0 radical (unpaired) electrons. The Balaban J connectivity index is 1.44. The molecule has 0 aliphatic heterocycles. The van der Waals surface area contributed by atoms with Gasteiger partial charge in [0.05, 0.1) is 0 Å². The summed E-state index contributed by atoms with van der Waals surface area (Å²) < 4.78 is 0. The first-order chi connectivity index (χ1) is 14.9. The molecular formula is C28H22N2. The number of nitrogens with one attached hydrogen (secondary N) is 1. The molecular weight excluding hydrogens is 364 g/mol. The zero-order valence-electron chi connectivity index (χ0n) is 16.6. The van der Waals surface area contributed by atoms with Crippen molar-refractivity contribution in [2.24, 2.45) is 0 Å². The van der Waals surface area contributed by atoms with E-state index in [1.165, 1.54) is 10.8 Å². The summed E-state index contributed by atoms with van der Waals surface area (Å²) in [7, 11) is 0. The van der Waals surface area contributed by atoms with E-state index in [0.29, 0.717) is 0 Å². The largest absolute Gasteiger partial charge is 0.356 e. The number of para-hydroxylation sites is 2. The van der Waals surface area contributed by atoms with E-state index in [0.717, 1.165) is 28.4 Å². The first-order valence-electron chi connectivity index (χ1n) is 10.1. The molecule has 0 spiro atoms. The highest BCUT2D eigenvalue weighted by molar-refractivity contribution is 5.86. The lowest BCUT2D eigenvalue weighted by Gasteiger charge is -2.25. The summed E-state index contributed by atoms with van der Waals surface area (Å²) in [6.07, 6.45) is 0. The molecule has 0 saturated heterocycles. The lowest BCUT2D eigenvalue weighted by atomic mass is 10.1. The van der Waals surface area contributed by atoms with Crippen molar-refractivity contribution < 1.29 is 0 Å². The minimum absolute atomic E-state index is 1.06. The summed E-state index contributed by atoms with van der Waals surface area (Å²) in [5.74, 6) is 0. The van der Waals surface area contributed by atoms with E-state index in [1.54, 1.807) is 0 Å². The molecule has 5 rings (SSSR count). The summed E-state index contributed by atoms with van der Waals surface area (Å²) in [6.45, 7) is 0. The SMILES string of the molecule is c1ccc(N(c2ccccc2)c2ccc(Nc3ccc4ccccc4c3)cc2)cc1. The maximum atomic E-state index is 3.52. The Kier molecular flexibility index (Phi) is 4.89. The van der Waals surface area contributed by atoms with E-state index < -0.39 is 0 Å². The van der Waals surface area contributed by atoms with Crippen LogP contribution in [0.5, 0.6) is 0 Å². The molecule has 5 aromatic rings. The van der Waals surface area contributed by atoms with Gasteiger partial charge in [0.25, 0.3) is 0 Å². The molecule has 5 aromatic carbocycles. The van der Waals surface area contributed by atoms with Crippen molar-refractivity contribution in [3.8, 4) is 0 Å². The fraction of sp³-hybridized carbons (Fsp3) is 0. The predicted molar refractivity (Wildman–Crippen MR) is 128 cm³/mol. The number of benzene rings is 5. The lowest BCUT2D eigenvalue weighted by molar-refractivity contribution is 1.28. The van der Waals surface area contributed by atoms with Crippen molar-refractivity contribution in [2.75, 3.05) is 10.2 Å². The van der Waals surface area contributed by atoms with Gasteiger partial charge in [-0.1, -0.05) is 66.7 Å². The fourth-order valence-electron chi connectivity index (χ4n) is 3.73. The Morgan fingerprint density at radius 2 is 0.900 bits per heavy atom. The third kappa shape index (κ3) is 3.76. The smallest absolute Gasteiger partial charge is 0.0463 e. The highest BCUT2D eigenvalue weighted by Gasteiger charge is 2.11. The zero-order valence-corrected chi connectivity index (χ0v) is 16.6. The third-order valence-corrected chi connectivity index (χ3v) is 5.19. The van der Waals surface area contributed by atoms with Gasteiger partial charge in [-0.3, -0.25) is 0 Å². The van der Waals surface area contributed by atoms with Crippen LogP contribution in [-0.2, 0) is 0 Å². The van der Waals surface area contributed by atoms with Gasteiger partial charge in [0.1, 0.15) is 0 Å². The van der Waals surface area contributed by atoms with Crippen LogP contribution in [0.2, 0.25) is 0 Å². The van der Waals surface area contributed by atoms with Gasteiger partial charge in [0.15, 0.2) is 0 Å². The van der Waals surface area contributed by atoms with E-state index in [1.807, 2.05) is 12.1 Å². The number of hydrogen-bond donors (Lipinski definition) is 1. The van der Waals surface area contributed by atoms with Gasteiger partial charge in [0, 0.05) is 28.4 Å². The summed E-state index contributed by atoms with van der Waals surface area (Å²) in [5, 5.41) is 6.01. The highest BCUT2D eigenvalue weighted by atomic mass is 15.1. The standard InChI is InChI=1S/C28H22N2/c1-3-11-26(12-4-1)30(27-13-5-2-6-14-27)28-19-17-24(18-20-28)29-25-16-15-22-9-7-8-10-23(22)21-25/h1-21,29H. The molecule has 2 heteroatoms. The van der Waals surface area contributed by atoms with Crippen molar-refractivity contribution >= 4 is 39.2 Å². The lowest BCUT2D eigenvalue weighted by Crippen LogP contribution is -2.09. The van der Waals surface area contributed by atoms with Crippen LogP contribution in [0, 0.1) is 0 Å². The van der Waals surface area contributed by atoms with Gasteiger partial charge in [0.2, 0.25) is 0 Å². The number of nitrogens with zero attached hydrogens (tertiary/aromatic N) is 1. The molecule has 0 aromatic heterocycles. The molecule has 0 bridgehead atoms. The Labute approximate surface area is 177 Å². The van der Waals surface area contributed by atoms with Crippen LogP contribution >= 0.6 is 0 Å². The van der Waals surface area contributed by atoms with Crippen molar-refractivity contribution in [1.29, 1.82) is 0 Å². The number of anilines is 5. The second-order valence-electron chi connectivity index (χ2n) is 7.24. The maximum Gasteiger partial charge on any atom is 0.0463 e. The Hall–Kier alpha value is -4.04. The monoisotopic (exact) mass is 386 g/mol. The average molecular weight is 386 g/mol. The first-order valence-corrected chi connectivity index (χ1v) is 10.1. The van der Waals surface area contributed by atoms with Gasteiger partial charge < -0.3 is 10.2 Å². The second-order valence-corrected chi connectivity index (χ2v) is 7.24. The Morgan fingerprint density at radius 1 is 0.400 bits per heavy atom. The van der Waals surface area contributed by atoms with E-state index >= 15 is 0 Å². The minimum Gasteiger partial charge on any atom is -0.356 e. The fourth-order valence-corrected chi connectivity index (χ4v) is 3.73. The van der Waals surface area contributed by atoms with Crippen LogP contribution in [0.1, 0.15) is 0 Å². The normalized spacial score (nSPS) is 10.7. The number of rotatable bonds is 5. The third-order valence-electron chi connectivity index (χ3n) is 5.19. The quantitative estimate of drug-likeness (QED) is 0.329. The van der Waals surface area contributed by atoms with E-state index in [2.05, 4.69) is 125 Å². The zero-order chi connectivity index (χ0) is 20.2. The van der Waals surface area contributed by atoms with Gasteiger partial charge >= 0.3 is 0 Å². The van der Waals surface area contributed by atoms with Crippen LogP contribution in [0.15, 0.2) is 127 Å². The van der Waals surface area contributed by atoms with Crippen LogP contribution < -0.4 is 10.2 Å². The van der Waals surface area contributed by atoms with Crippen LogP contribution in [0.4, 0.5) is 28.4 Å². The molecule has 0 unspecified atom stereocenters. The van der Waals surface area contributed by atoms with Crippen molar-refractivity contribution in [3.63, 3.8) is 0 Å². The molecule has 144 valence electrons.